The average Bonchev–Trinajstić information content (AvgIpc) is 3.21. The number of nitrogens with zero attached hydrogens (tertiary/aromatic N) is 2. The van der Waals surface area contributed by atoms with Crippen molar-refractivity contribution in [2.24, 2.45) is 11.0 Å². The molecule has 1 N–H and O–H groups in total. The minimum Gasteiger partial charge on any atom is -0.381 e. The fourth-order valence-corrected chi connectivity index (χ4v) is 3.06. The minimum atomic E-state index is -0.317. The third-order valence-corrected chi connectivity index (χ3v) is 4.52. The summed E-state index contributed by atoms with van der Waals surface area (Å²) in [4.78, 5) is 17.3. The molecule has 0 aliphatic carbocycles. The van der Waals surface area contributed by atoms with Crippen molar-refractivity contribution in [2.45, 2.75) is 6.42 Å². The van der Waals surface area contributed by atoms with Gasteiger partial charge in [-0.1, -0.05) is 18.2 Å². The van der Waals surface area contributed by atoms with Crippen LogP contribution in [0.2, 0.25) is 0 Å². The molecular formula is C21H18FN3O2. The Balaban J connectivity index is 1.67. The van der Waals surface area contributed by atoms with Crippen LogP contribution in [0.5, 0.6) is 0 Å². The van der Waals surface area contributed by atoms with E-state index in [0.717, 1.165) is 24.0 Å². The molecule has 0 spiro atoms. The van der Waals surface area contributed by atoms with Crippen LogP contribution in [0.15, 0.2) is 59.7 Å². The number of carbonyl (C=O) groups is 1. The molecule has 27 heavy (non-hydrogen) atoms. The van der Waals surface area contributed by atoms with Crippen LogP contribution in [-0.4, -0.2) is 30.3 Å². The quantitative estimate of drug-likeness (QED) is 0.567. The molecule has 1 amide bonds. The Morgan fingerprint density at radius 3 is 2.81 bits per heavy atom. The average molecular weight is 363 g/mol. The fourth-order valence-electron chi connectivity index (χ4n) is 3.06. The third-order valence-electron chi connectivity index (χ3n) is 4.52. The number of hydrazone groups is 1. The van der Waals surface area contributed by atoms with Gasteiger partial charge in [-0.25, -0.2) is 14.8 Å². The lowest BCUT2D eigenvalue weighted by atomic mass is 10.0. The minimum absolute atomic E-state index is 0.231. The highest BCUT2D eigenvalue weighted by molar-refractivity contribution is 6.07. The number of para-hydroxylation sites is 1. The molecule has 6 heteroatoms. The van der Waals surface area contributed by atoms with Gasteiger partial charge in [-0.3, -0.25) is 4.79 Å². The van der Waals surface area contributed by atoms with Gasteiger partial charge < -0.3 is 4.74 Å². The number of ether oxygens (including phenoxy) is 1. The van der Waals surface area contributed by atoms with Crippen molar-refractivity contribution >= 4 is 23.0 Å². The van der Waals surface area contributed by atoms with Crippen molar-refractivity contribution < 1.29 is 13.9 Å². The highest BCUT2D eigenvalue weighted by Gasteiger charge is 2.15. The van der Waals surface area contributed by atoms with Gasteiger partial charge >= 0.3 is 0 Å². The number of benzene rings is 2. The van der Waals surface area contributed by atoms with Gasteiger partial charge in [-0.15, -0.1) is 0 Å². The van der Waals surface area contributed by atoms with Gasteiger partial charge in [0.15, 0.2) is 0 Å². The topological polar surface area (TPSA) is 63.6 Å². The van der Waals surface area contributed by atoms with Gasteiger partial charge in [-0.05, 0) is 42.8 Å². The van der Waals surface area contributed by atoms with Crippen LogP contribution in [0.1, 0.15) is 16.8 Å². The summed E-state index contributed by atoms with van der Waals surface area (Å²) in [6, 6.07) is 15.2. The standard InChI is InChI=1S/C21H18FN3O2/c22-16-7-5-15(6-8-16)20-11-18(17-3-1-2-4-19(17)24-20)21(26)25-23-12-14-9-10-27-13-14/h1-8,11-12,14H,9-10,13H2,(H,25,26). The van der Waals surface area contributed by atoms with Crippen molar-refractivity contribution in [3.8, 4) is 11.3 Å². The van der Waals surface area contributed by atoms with Gasteiger partial charge in [0.25, 0.3) is 5.91 Å². The normalized spacial score (nSPS) is 16.9. The van der Waals surface area contributed by atoms with Crippen molar-refractivity contribution in [1.82, 2.24) is 10.4 Å². The molecular weight excluding hydrogens is 345 g/mol. The van der Waals surface area contributed by atoms with Gasteiger partial charge in [0.05, 0.1) is 23.4 Å². The first-order valence-electron chi connectivity index (χ1n) is 8.78. The number of aromatic nitrogens is 1. The monoisotopic (exact) mass is 363 g/mol. The molecule has 5 nitrogen and oxygen atoms in total. The zero-order valence-corrected chi connectivity index (χ0v) is 14.6. The first-order chi connectivity index (χ1) is 13.2. The Morgan fingerprint density at radius 2 is 2.04 bits per heavy atom. The molecule has 2 aromatic carbocycles. The number of halogens is 1. The van der Waals surface area contributed by atoms with E-state index in [9.17, 15) is 9.18 Å². The van der Waals surface area contributed by atoms with Gasteiger partial charge in [0, 0.05) is 29.7 Å². The number of amides is 1. The largest absolute Gasteiger partial charge is 0.381 e. The Bertz CT molecular complexity index is 996. The molecule has 136 valence electrons. The highest BCUT2D eigenvalue weighted by Crippen LogP contribution is 2.25. The third kappa shape index (κ3) is 3.85. The van der Waals surface area contributed by atoms with E-state index in [-0.39, 0.29) is 17.6 Å². The second-order valence-electron chi connectivity index (χ2n) is 6.42. The molecule has 4 rings (SSSR count). The Morgan fingerprint density at radius 1 is 1.22 bits per heavy atom. The summed E-state index contributed by atoms with van der Waals surface area (Å²) in [5.74, 6) is -0.399. The van der Waals surface area contributed by atoms with Crippen LogP contribution in [0, 0.1) is 11.7 Å². The van der Waals surface area contributed by atoms with E-state index in [0.29, 0.717) is 23.4 Å². The smallest absolute Gasteiger partial charge is 0.272 e. The molecule has 0 saturated carbocycles. The molecule has 1 atom stereocenters. The lowest BCUT2D eigenvalue weighted by Crippen LogP contribution is -2.19. The van der Waals surface area contributed by atoms with E-state index in [2.05, 4.69) is 15.5 Å². The zero-order valence-electron chi connectivity index (χ0n) is 14.6. The zero-order chi connectivity index (χ0) is 18.6. The number of hydrogen-bond donors (Lipinski definition) is 1. The summed E-state index contributed by atoms with van der Waals surface area (Å²) in [5.41, 5.74) is 5.10. The number of pyridine rings is 1. The molecule has 1 saturated heterocycles. The first kappa shape index (κ1) is 17.3. The maximum absolute atomic E-state index is 13.2. The summed E-state index contributed by atoms with van der Waals surface area (Å²) in [5, 5.41) is 4.81. The van der Waals surface area contributed by atoms with Crippen molar-refractivity contribution in [1.29, 1.82) is 0 Å². The van der Waals surface area contributed by atoms with Crippen LogP contribution >= 0.6 is 0 Å². The molecule has 1 fully saturated rings. The fraction of sp³-hybridized carbons (Fsp3) is 0.190. The summed E-state index contributed by atoms with van der Waals surface area (Å²) in [7, 11) is 0. The maximum Gasteiger partial charge on any atom is 0.272 e. The van der Waals surface area contributed by atoms with Crippen molar-refractivity contribution in [2.75, 3.05) is 13.2 Å². The Labute approximate surface area is 155 Å². The molecule has 0 bridgehead atoms. The second kappa shape index (κ2) is 7.63. The summed E-state index contributed by atoms with van der Waals surface area (Å²) < 4.78 is 18.5. The maximum atomic E-state index is 13.2. The molecule has 2 heterocycles. The molecule has 0 radical (unpaired) electrons. The Hall–Kier alpha value is -3.12. The lowest BCUT2D eigenvalue weighted by Gasteiger charge is -2.09. The van der Waals surface area contributed by atoms with Crippen molar-refractivity contribution in [3.05, 3.63) is 66.0 Å². The van der Waals surface area contributed by atoms with E-state index in [1.807, 2.05) is 24.3 Å². The highest BCUT2D eigenvalue weighted by atomic mass is 19.1. The summed E-state index contributed by atoms with van der Waals surface area (Å²) in [6.07, 6.45) is 2.63. The van der Waals surface area contributed by atoms with Gasteiger partial charge in [-0.2, -0.15) is 5.10 Å². The van der Waals surface area contributed by atoms with Crippen LogP contribution in [0.25, 0.3) is 22.2 Å². The van der Waals surface area contributed by atoms with Crippen LogP contribution < -0.4 is 5.43 Å². The number of nitrogens with one attached hydrogen (secondary N) is 1. The number of rotatable bonds is 4. The van der Waals surface area contributed by atoms with E-state index in [1.54, 1.807) is 24.4 Å². The Kier molecular flexibility index (Phi) is 4.89. The predicted octanol–water partition coefficient (Wildman–Crippen LogP) is 3.79. The predicted molar refractivity (Wildman–Crippen MR) is 102 cm³/mol. The van der Waals surface area contributed by atoms with E-state index in [1.165, 1.54) is 12.1 Å². The van der Waals surface area contributed by atoms with Crippen molar-refractivity contribution in [3.63, 3.8) is 0 Å². The number of fused-ring (bicyclic) bond motifs is 1. The molecule has 1 unspecified atom stereocenters. The van der Waals surface area contributed by atoms with E-state index in [4.69, 9.17) is 4.74 Å². The second-order valence-corrected chi connectivity index (χ2v) is 6.42. The summed E-state index contributed by atoms with van der Waals surface area (Å²) >= 11 is 0. The molecule has 1 aliphatic rings. The van der Waals surface area contributed by atoms with E-state index >= 15 is 0 Å². The lowest BCUT2D eigenvalue weighted by molar-refractivity contribution is 0.0956. The first-order valence-corrected chi connectivity index (χ1v) is 8.78. The summed E-state index contributed by atoms with van der Waals surface area (Å²) in [6.45, 7) is 1.35. The van der Waals surface area contributed by atoms with Gasteiger partial charge in [0.2, 0.25) is 0 Å². The van der Waals surface area contributed by atoms with Gasteiger partial charge in [0.1, 0.15) is 5.82 Å². The number of hydrogen-bond acceptors (Lipinski definition) is 4. The molecule has 1 aliphatic heterocycles. The van der Waals surface area contributed by atoms with Crippen LogP contribution in [-0.2, 0) is 4.74 Å². The van der Waals surface area contributed by atoms with E-state index < -0.39 is 0 Å². The number of carbonyl (C=O) groups excluding carboxylic acids is 1. The molecule has 1 aromatic heterocycles. The SMILES string of the molecule is O=C(NN=CC1CCOC1)c1cc(-c2ccc(F)cc2)nc2ccccc12. The van der Waals surface area contributed by atoms with Crippen LogP contribution in [0.3, 0.4) is 0 Å². The van der Waals surface area contributed by atoms with Crippen LogP contribution in [0.4, 0.5) is 4.39 Å². The molecule has 3 aromatic rings.